The molecule has 0 heterocycles. The average molecular weight is 456 g/mol. The van der Waals surface area contributed by atoms with Gasteiger partial charge in [-0.05, 0) is 40.0 Å². The zero-order chi connectivity index (χ0) is 24.1. The Morgan fingerprint density at radius 1 is 0.625 bits per heavy atom. The topological polar surface area (TPSA) is 92.7 Å². The summed E-state index contributed by atoms with van der Waals surface area (Å²) in [5.41, 5.74) is -0.373. The third-order valence-electron chi connectivity index (χ3n) is 5.34. The van der Waals surface area contributed by atoms with E-state index in [-0.39, 0.29) is 23.9 Å². The van der Waals surface area contributed by atoms with Crippen molar-refractivity contribution in [2.75, 3.05) is 6.54 Å². The van der Waals surface area contributed by atoms with Gasteiger partial charge in [0.25, 0.3) is 0 Å². The highest BCUT2D eigenvalue weighted by Gasteiger charge is 2.15. The van der Waals surface area contributed by atoms with Crippen LogP contribution in [0.1, 0.15) is 136 Å². The molecule has 6 nitrogen and oxygen atoms in total. The number of unbranched alkanes of at least 4 members (excludes halogenated alkanes) is 13. The molecule has 0 radical (unpaired) electrons. The normalized spacial score (nSPS) is 11.3. The monoisotopic (exact) mass is 455 g/mol. The first-order chi connectivity index (χ1) is 15.2. The van der Waals surface area contributed by atoms with Gasteiger partial charge in [-0.25, -0.2) is 0 Å². The van der Waals surface area contributed by atoms with Crippen molar-refractivity contribution in [3.05, 3.63) is 0 Å². The van der Waals surface area contributed by atoms with E-state index in [9.17, 15) is 14.4 Å². The van der Waals surface area contributed by atoms with Crippen LogP contribution in [0, 0.1) is 0 Å². The molecule has 0 bridgehead atoms. The number of nitrogens with one attached hydrogen (secondary N) is 1. The Kier molecular flexibility index (Phi) is 19.1. The Morgan fingerprint density at radius 3 is 1.44 bits per heavy atom. The van der Waals surface area contributed by atoms with Crippen molar-refractivity contribution in [3.63, 3.8) is 0 Å². The average Bonchev–Trinajstić information content (AvgIpc) is 2.69. The summed E-state index contributed by atoms with van der Waals surface area (Å²) in [6.45, 7) is 6.18. The van der Waals surface area contributed by atoms with Crippen LogP contribution in [0.5, 0.6) is 0 Å². The minimum Gasteiger partial charge on any atom is -0.481 e. The molecule has 0 rings (SSSR count). The van der Waals surface area contributed by atoms with E-state index in [1.807, 2.05) is 20.8 Å². The second-order valence-corrected chi connectivity index (χ2v) is 9.88. The van der Waals surface area contributed by atoms with E-state index in [1.165, 1.54) is 64.2 Å². The van der Waals surface area contributed by atoms with Gasteiger partial charge in [0.15, 0.2) is 0 Å². The summed E-state index contributed by atoms with van der Waals surface area (Å²) in [6.07, 6.45) is 18.5. The van der Waals surface area contributed by atoms with Gasteiger partial charge in [0.1, 0.15) is 5.60 Å². The highest BCUT2D eigenvalue weighted by atomic mass is 16.6. The molecule has 0 fully saturated rings. The lowest BCUT2D eigenvalue weighted by molar-refractivity contribution is -0.155. The van der Waals surface area contributed by atoms with E-state index in [1.54, 1.807) is 0 Å². The van der Waals surface area contributed by atoms with Gasteiger partial charge in [0.05, 0.1) is 0 Å². The van der Waals surface area contributed by atoms with Gasteiger partial charge in [-0.3, -0.25) is 14.4 Å². The largest absolute Gasteiger partial charge is 0.481 e. The highest BCUT2D eigenvalue weighted by Crippen LogP contribution is 2.15. The maximum atomic E-state index is 11.6. The molecule has 0 saturated carbocycles. The summed E-state index contributed by atoms with van der Waals surface area (Å²) in [6, 6.07) is 0. The first-order valence-corrected chi connectivity index (χ1v) is 12.9. The smallest absolute Gasteiger partial charge is 0.306 e. The fraction of sp³-hybridized carbons (Fsp3) is 0.885. The molecule has 2 N–H and O–H groups in total. The number of ether oxygens (including phenoxy) is 1. The summed E-state index contributed by atoms with van der Waals surface area (Å²) in [7, 11) is 0. The van der Waals surface area contributed by atoms with Crippen LogP contribution in [0.4, 0.5) is 0 Å². The number of carbonyl (C=O) groups excluding carboxylic acids is 2. The molecular weight excluding hydrogens is 406 g/mol. The molecule has 0 aliphatic rings. The lowest BCUT2D eigenvalue weighted by Crippen LogP contribution is -2.24. The van der Waals surface area contributed by atoms with Gasteiger partial charge in [0, 0.05) is 25.8 Å². The third-order valence-corrected chi connectivity index (χ3v) is 5.34. The van der Waals surface area contributed by atoms with Crippen LogP contribution in [0.25, 0.3) is 0 Å². The van der Waals surface area contributed by atoms with Crippen LogP contribution in [0.3, 0.4) is 0 Å². The number of esters is 1. The Labute approximate surface area is 196 Å². The molecule has 0 aromatic heterocycles. The third kappa shape index (κ3) is 24.7. The van der Waals surface area contributed by atoms with Crippen LogP contribution < -0.4 is 5.32 Å². The molecule has 32 heavy (non-hydrogen) atoms. The number of rotatable bonds is 21. The molecule has 0 aromatic carbocycles. The Hall–Kier alpha value is -1.59. The summed E-state index contributed by atoms with van der Waals surface area (Å²) in [5, 5.41) is 11.3. The second-order valence-electron chi connectivity index (χ2n) is 9.88. The Balaban J connectivity index is 3.23. The van der Waals surface area contributed by atoms with E-state index in [0.717, 1.165) is 25.7 Å². The molecule has 1 amide bonds. The summed E-state index contributed by atoms with van der Waals surface area (Å²) < 4.78 is 5.32. The maximum Gasteiger partial charge on any atom is 0.306 e. The van der Waals surface area contributed by atoms with E-state index in [2.05, 4.69) is 5.32 Å². The molecule has 6 heteroatoms. The molecule has 0 unspecified atom stereocenters. The first-order valence-electron chi connectivity index (χ1n) is 12.9. The van der Waals surface area contributed by atoms with Crippen LogP contribution in [-0.2, 0) is 19.1 Å². The van der Waals surface area contributed by atoms with Crippen molar-refractivity contribution in [1.82, 2.24) is 5.32 Å². The highest BCUT2D eigenvalue weighted by molar-refractivity contribution is 5.75. The van der Waals surface area contributed by atoms with E-state index in [4.69, 9.17) is 9.84 Å². The van der Waals surface area contributed by atoms with Crippen molar-refractivity contribution in [2.24, 2.45) is 0 Å². The van der Waals surface area contributed by atoms with Crippen molar-refractivity contribution >= 4 is 17.8 Å². The number of hydrogen-bond donors (Lipinski definition) is 2. The van der Waals surface area contributed by atoms with Crippen LogP contribution in [0.2, 0.25) is 0 Å². The van der Waals surface area contributed by atoms with Gasteiger partial charge in [-0.15, -0.1) is 0 Å². The predicted octanol–water partition coefficient (Wildman–Crippen LogP) is 6.55. The molecule has 0 saturated heterocycles. The number of carbonyl (C=O) groups is 3. The quantitative estimate of drug-likeness (QED) is 0.151. The minimum atomic E-state index is -0.817. The van der Waals surface area contributed by atoms with Crippen LogP contribution in [0.15, 0.2) is 0 Å². The fourth-order valence-electron chi connectivity index (χ4n) is 3.62. The molecule has 0 aliphatic heterocycles. The Morgan fingerprint density at radius 2 is 1.03 bits per heavy atom. The molecule has 0 spiro atoms. The molecular formula is C26H49NO5. The van der Waals surface area contributed by atoms with Crippen molar-refractivity contribution in [3.8, 4) is 0 Å². The summed E-state index contributed by atoms with van der Waals surface area (Å²) in [5.74, 6) is -0.852. The van der Waals surface area contributed by atoms with E-state index < -0.39 is 5.97 Å². The summed E-state index contributed by atoms with van der Waals surface area (Å²) >= 11 is 0. The van der Waals surface area contributed by atoms with E-state index >= 15 is 0 Å². The number of aliphatic carboxylic acids is 1. The number of carboxylic acid groups (broad SMARTS) is 1. The fourth-order valence-corrected chi connectivity index (χ4v) is 3.62. The lowest BCUT2D eigenvalue weighted by atomic mass is 10.0. The van der Waals surface area contributed by atoms with Gasteiger partial charge in [-0.1, -0.05) is 77.0 Å². The van der Waals surface area contributed by atoms with Crippen LogP contribution in [-0.4, -0.2) is 35.1 Å². The SMILES string of the molecule is CC(C)(C)OC(=O)CCCCCCCCCCCCCCCCC(=O)NCCCC(=O)O. The molecule has 0 atom stereocenters. The van der Waals surface area contributed by atoms with Crippen molar-refractivity contribution in [1.29, 1.82) is 0 Å². The number of carboxylic acids is 1. The predicted molar refractivity (Wildman–Crippen MR) is 130 cm³/mol. The standard InChI is InChI=1S/C26H49NO5/c1-26(2,3)32-25(31)21-17-15-13-11-9-7-5-4-6-8-10-12-14-16-19-23(28)27-22-18-20-24(29)30/h4-22H2,1-3H3,(H,27,28)(H,29,30). The van der Waals surface area contributed by atoms with E-state index in [0.29, 0.717) is 25.8 Å². The number of amides is 1. The Bertz CT molecular complexity index is 499. The zero-order valence-electron chi connectivity index (χ0n) is 21.0. The minimum absolute atomic E-state index is 0.0402. The van der Waals surface area contributed by atoms with Gasteiger partial charge >= 0.3 is 11.9 Å². The molecule has 0 aliphatic carbocycles. The van der Waals surface area contributed by atoms with Gasteiger partial charge in [0.2, 0.25) is 5.91 Å². The molecule has 0 aromatic rings. The lowest BCUT2D eigenvalue weighted by Gasteiger charge is -2.19. The van der Waals surface area contributed by atoms with Gasteiger partial charge in [-0.2, -0.15) is 0 Å². The van der Waals surface area contributed by atoms with Crippen molar-refractivity contribution < 1.29 is 24.2 Å². The summed E-state index contributed by atoms with van der Waals surface area (Å²) in [4.78, 5) is 33.6. The van der Waals surface area contributed by atoms with Crippen LogP contribution >= 0.6 is 0 Å². The zero-order valence-corrected chi connectivity index (χ0v) is 21.0. The van der Waals surface area contributed by atoms with Gasteiger partial charge < -0.3 is 15.2 Å². The first kappa shape index (κ1) is 30.4. The molecule has 188 valence electrons. The van der Waals surface area contributed by atoms with Crippen molar-refractivity contribution in [2.45, 2.75) is 142 Å². The maximum absolute atomic E-state index is 11.6. The number of hydrogen-bond acceptors (Lipinski definition) is 4. The second kappa shape index (κ2) is 20.0.